The van der Waals surface area contributed by atoms with Crippen LogP contribution in [0, 0.1) is 0 Å². The molecule has 0 radical (unpaired) electrons. The average molecular weight is 232 g/mol. The van der Waals surface area contributed by atoms with Gasteiger partial charge in [0.25, 0.3) is 0 Å². The summed E-state index contributed by atoms with van der Waals surface area (Å²) in [6.07, 6.45) is 4.65. The molecule has 0 aliphatic rings. The van der Waals surface area contributed by atoms with Crippen molar-refractivity contribution in [2.45, 2.75) is 13.1 Å². The van der Waals surface area contributed by atoms with E-state index in [1.807, 2.05) is 6.07 Å². The van der Waals surface area contributed by atoms with E-state index in [4.69, 9.17) is 9.52 Å². The molecule has 0 bridgehead atoms. The Morgan fingerprint density at radius 2 is 2.24 bits per heavy atom. The van der Waals surface area contributed by atoms with Gasteiger partial charge in [-0.25, -0.2) is 4.79 Å². The van der Waals surface area contributed by atoms with Gasteiger partial charge in [0.1, 0.15) is 0 Å². The molecule has 5 nitrogen and oxygen atoms in total. The van der Waals surface area contributed by atoms with Crippen LogP contribution in [0.4, 0.5) is 0 Å². The number of hydrogen-bond donors (Lipinski definition) is 2. The molecule has 5 heteroatoms. The highest BCUT2D eigenvalue weighted by molar-refractivity contribution is 5.87. The summed E-state index contributed by atoms with van der Waals surface area (Å²) in [4.78, 5) is 14.7. The van der Waals surface area contributed by atoms with Gasteiger partial charge in [-0.05, 0) is 18.2 Å². The SMILES string of the molecule is O=C(O)c1ccc(CNCc2ccoc2)nc1. The van der Waals surface area contributed by atoms with Crippen LogP contribution in [0.15, 0.2) is 41.3 Å². The van der Waals surface area contributed by atoms with Crippen molar-refractivity contribution in [3.63, 3.8) is 0 Å². The van der Waals surface area contributed by atoms with E-state index in [-0.39, 0.29) is 5.56 Å². The molecule has 0 fully saturated rings. The highest BCUT2D eigenvalue weighted by Crippen LogP contribution is 2.02. The Kier molecular flexibility index (Phi) is 3.52. The van der Waals surface area contributed by atoms with Gasteiger partial charge in [-0.15, -0.1) is 0 Å². The Morgan fingerprint density at radius 1 is 1.35 bits per heavy atom. The van der Waals surface area contributed by atoms with E-state index in [1.54, 1.807) is 24.7 Å². The quantitative estimate of drug-likeness (QED) is 0.820. The third kappa shape index (κ3) is 3.15. The first kappa shape index (κ1) is 11.3. The fourth-order valence-electron chi connectivity index (χ4n) is 1.38. The van der Waals surface area contributed by atoms with Crippen molar-refractivity contribution in [2.24, 2.45) is 0 Å². The molecule has 2 aromatic rings. The number of pyridine rings is 1. The summed E-state index contributed by atoms with van der Waals surface area (Å²) in [6.45, 7) is 1.28. The van der Waals surface area contributed by atoms with Crippen LogP contribution >= 0.6 is 0 Å². The Labute approximate surface area is 98.1 Å². The lowest BCUT2D eigenvalue weighted by atomic mass is 10.2. The molecule has 0 unspecified atom stereocenters. The molecule has 0 atom stereocenters. The first-order valence-electron chi connectivity index (χ1n) is 5.16. The van der Waals surface area contributed by atoms with E-state index in [0.29, 0.717) is 13.1 Å². The summed E-state index contributed by atoms with van der Waals surface area (Å²) in [5.41, 5.74) is 2.06. The highest BCUT2D eigenvalue weighted by atomic mass is 16.4. The van der Waals surface area contributed by atoms with Crippen LogP contribution < -0.4 is 5.32 Å². The van der Waals surface area contributed by atoms with Gasteiger partial charge < -0.3 is 14.8 Å². The topological polar surface area (TPSA) is 75.4 Å². The van der Waals surface area contributed by atoms with Gasteiger partial charge in [0.2, 0.25) is 0 Å². The fourth-order valence-corrected chi connectivity index (χ4v) is 1.38. The van der Waals surface area contributed by atoms with Crippen LogP contribution in [0.2, 0.25) is 0 Å². The number of nitrogens with one attached hydrogen (secondary N) is 1. The largest absolute Gasteiger partial charge is 0.478 e. The van der Waals surface area contributed by atoms with E-state index in [2.05, 4.69) is 10.3 Å². The first-order valence-corrected chi connectivity index (χ1v) is 5.16. The molecule has 0 aromatic carbocycles. The minimum Gasteiger partial charge on any atom is -0.478 e. The van der Waals surface area contributed by atoms with Crippen molar-refractivity contribution < 1.29 is 14.3 Å². The number of furan rings is 1. The van der Waals surface area contributed by atoms with Gasteiger partial charge >= 0.3 is 5.97 Å². The van der Waals surface area contributed by atoms with Crippen LogP contribution in [0.25, 0.3) is 0 Å². The lowest BCUT2D eigenvalue weighted by Gasteiger charge is -2.02. The second-order valence-electron chi connectivity index (χ2n) is 3.58. The molecule has 0 spiro atoms. The lowest BCUT2D eigenvalue weighted by Crippen LogP contribution is -2.13. The molecule has 2 heterocycles. The summed E-state index contributed by atoms with van der Waals surface area (Å²) >= 11 is 0. The minimum absolute atomic E-state index is 0.198. The first-order chi connectivity index (χ1) is 8.25. The normalized spacial score (nSPS) is 10.4. The van der Waals surface area contributed by atoms with Crippen molar-refractivity contribution >= 4 is 5.97 Å². The Hall–Kier alpha value is -2.14. The van der Waals surface area contributed by atoms with Gasteiger partial charge in [0.15, 0.2) is 0 Å². The number of carbonyl (C=O) groups is 1. The van der Waals surface area contributed by atoms with Crippen LogP contribution in [0.3, 0.4) is 0 Å². The van der Waals surface area contributed by atoms with Crippen LogP contribution in [-0.2, 0) is 13.1 Å². The Bertz CT molecular complexity index is 477. The standard InChI is InChI=1S/C12H12N2O3/c15-12(16)10-1-2-11(14-6-10)7-13-5-9-3-4-17-8-9/h1-4,6,8,13H,5,7H2,(H,15,16). The van der Waals surface area contributed by atoms with Crippen molar-refractivity contribution in [1.82, 2.24) is 10.3 Å². The Morgan fingerprint density at radius 3 is 2.82 bits per heavy atom. The van der Waals surface area contributed by atoms with Gasteiger partial charge in [-0.2, -0.15) is 0 Å². The number of hydrogen-bond acceptors (Lipinski definition) is 4. The molecule has 17 heavy (non-hydrogen) atoms. The predicted octanol–water partition coefficient (Wildman–Crippen LogP) is 1.66. The monoisotopic (exact) mass is 232 g/mol. The second kappa shape index (κ2) is 5.27. The van der Waals surface area contributed by atoms with Crippen molar-refractivity contribution in [3.05, 3.63) is 53.7 Å². The summed E-state index contributed by atoms with van der Waals surface area (Å²) < 4.78 is 4.94. The van der Waals surface area contributed by atoms with Gasteiger partial charge in [0, 0.05) is 24.8 Å². The lowest BCUT2D eigenvalue weighted by molar-refractivity contribution is 0.0696. The van der Waals surface area contributed by atoms with Crippen LogP contribution in [0.1, 0.15) is 21.6 Å². The van der Waals surface area contributed by atoms with Gasteiger partial charge in [-0.3, -0.25) is 4.98 Å². The molecule has 2 rings (SSSR count). The van der Waals surface area contributed by atoms with Gasteiger partial charge in [0.05, 0.1) is 23.8 Å². The molecule has 0 saturated heterocycles. The summed E-state index contributed by atoms with van der Waals surface area (Å²) in [5.74, 6) is -0.963. The van der Waals surface area contributed by atoms with E-state index in [1.165, 1.54) is 6.20 Å². The molecule has 2 aromatic heterocycles. The second-order valence-corrected chi connectivity index (χ2v) is 3.58. The maximum atomic E-state index is 10.6. The molecule has 0 aliphatic carbocycles. The van der Waals surface area contributed by atoms with Crippen molar-refractivity contribution in [3.8, 4) is 0 Å². The average Bonchev–Trinajstić information content (AvgIpc) is 2.83. The highest BCUT2D eigenvalue weighted by Gasteiger charge is 2.02. The number of carboxylic acids is 1. The maximum absolute atomic E-state index is 10.6. The summed E-state index contributed by atoms with van der Waals surface area (Å²) in [6, 6.07) is 5.13. The van der Waals surface area contributed by atoms with E-state index >= 15 is 0 Å². The number of nitrogens with zero attached hydrogens (tertiary/aromatic N) is 1. The number of rotatable bonds is 5. The smallest absolute Gasteiger partial charge is 0.337 e. The van der Waals surface area contributed by atoms with Crippen LogP contribution in [-0.4, -0.2) is 16.1 Å². The summed E-state index contributed by atoms with van der Waals surface area (Å²) in [7, 11) is 0. The Balaban J connectivity index is 1.85. The number of aromatic nitrogens is 1. The predicted molar refractivity (Wildman–Crippen MR) is 60.4 cm³/mol. The zero-order chi connectivity index (χ0) is 12.1. The fraction of sp³-hybridized carbons (Fsp3) is 0.167. The van der Waals surface area contributed by atoms with Crippen molar-refractivity contribution in [2.75, 3.05) is 0 Å². The molecule has 88 valence electrons. The third-order valence-corrected chi connectivity index (χ3v) is 2.29. The third-order valence-electron chi connectivity index (χ3n) is 2.29. The number of carboxylic acid groups (broad SMARTS) is 1. The maximum Gasteiger partial charge on any atom is 0.337 e. The molecule has 0 amide bonds. The molecule has 0 saturated carbocycles. The van der Waals surface area contributed by atoms with Gasteiger partial charge in [-0.1, -0.05) is 0 Å². The number of aromatic carboxylic acids is 1. The minimum atomic E-state index is -0.963. The van der Waals surface area contributed by atoms with E-state index in [9.17, 15) is 4.79 Å². The zero-order valence-corrected chi connectivity index (χ0v) is 9.09. The van der Waals surface area contributed by atoms with E-state index in [0.717, 1.165) is 11.3 Å². The molecular formula is C12H12N2O3. The van der Waals surface area contributed by atoms with Crippen molar-refractivity contribution in [1.29, 1.82) is 0 Å². The molecular weight excluding hydrogens is 220 g/mol. The van der Waals surface area contributed by atoms with E-state index < -0.39 is 5.97 Å². The zero-order valence-electron chi connectivity index (χ0n) is 9.09. The molecule has 0 aliphatic heterocycles. The van der Waals surface area contributed by atoms with Crippen LogP contribution in [0.5, 0.6) is 0 Å². The molecule has 2 N–H and O–H groups in total. The summed E-state index contributed by atoms with van der Waals surface area (Å²) in [5, 5.41) is 11.9.